The van der Waals surface area contributed by atoms with Crippen molar-refractivity contribution in [1.29, 1.82) is 0 Å². The highest BCUT2D eigenvalue weighted by Crippen LogP contribution is 2.42. The van der Waals surface area contributed by atoms with Gasteiger partial charge in [0.1, 0.15) is 5.92 Å². The van der Waals surface area contributed by atoms with Crippen LogP contribution in [0, 0.1) is 12.8 Å². The highest BCUT2D eigenvalue weighted by Gasteiger charge is 2.40. The molecule has 0 aliphatic heterocycles. The number of thiophene rings is 1. The Morgan fingerprint density at radius 1 is 1.25 bits per heavy atom. The lowest BCUT2D eigenvalue weighted by molar-refractivity contribution is -0.151. The molecule has 0 saturated heterocycles. The van der Waals surface area contributed by atoms with Gasteiger partial charge in [0.15, 0.2) is 5.78 Å². The summed E-state index contributed by atoms with van der Waals surface area (Å²) in [5.74, 6) is -1.51. The van der Waals surface area contributed by atoms with E-state index >= 15 is 0 Å². The summed E-state index contributed by atoms with van der Waals surface area (Å²) in [5.41, 5.74) is 3.15. The molecule has 0 radical (unpaired) electrons. The number of hydrogen-bond acceptors (Lipinski definition) is 4. The van der Waals surface area contributed by atoms with Crippen LogP contribution in [0.15, 0.2) is 47.9 Å². The number of ketones is 1. The number of rotatable bonds is 4. The van der Waals surface area contributed by atoms with Crippen molar-refractivity contribution in [3.63, 3.8) is 0 Å². The molecule has 0 unspecified atom stereocenters. The van der Waals surface area contributed by atoms with Crippen LogP contribution in [0.25, 0.3) is 5.57 Å². The zero-order chi connectivity index (χ0) is 17.1. The van der Waals surface area contributed by atoms with E-state index < -0.39 is 11.9 Å². The van der Waals surface area contributed by atoms with E-state index in [0.29, 0.717) is 6.42 Å². The molecular weight excluding hydrogens is 320 g/mol. The molecule has 0 amide bonds. The summed E-state index contributed by atoms with van der Waals surface area (Å²) < 4.78 is 5.18. The molecule has 1 aromatic heterocycles. The van der Waals surface area contributed by atoms with Crippen LogP contribution in [0.1, 0.15) is 35.3 Å². The average molecular weight is 340 g/mol. The Morgan fingerprint density at radius 2 is 2.04 bits per heavy atom. The number of carbonyl (C=O) groups excluding carboxylic acids is 2. The number of allylic oxidation sites excluding steroid dienone is 2. The van der Waals surface area contributed by atoms with E-state index in [4.69, 9.17) is 4.74 Å². The number of benzene rings is 1. The van der Waals surface area contributed by atoms with Gasteiger partial charge < -0.3 is 4.74 Å². The fourth-order valence-electron chi connectivity index (χ4n) is 3.31. The van der Waals surface area contributed by atoms with E-state index in [2.05, 4.69) is 0 Å². The molecule has 1 aliphatic carbocycles. The van der Waals surface area contributed by atoms with Crippen molar-refractivity contribution in [2.75, 3.05) is 6.61 Å². The van der Waals surface area contributed by atoms with Gasteiger partial charge in [-0.3, -0.25) is 9.59 Å². The molecule has 2 aromatic rings. The van der Waals surface area contributed by atoms with Crippen LogP contribution in [-0.4, -0.2) is 18.4 Å². The molecule has 1 aliphatic rings. The first kappa shape index (κ1) is 16.7. The molecule has 0 saturated carbocycles. The monoisotopic (exact) mass is 340 g/mol. The van der Waals surface area contributed by atoms with Crippen molar-refractivity contribution in [3.8, 4) is 0 Å². The van der Waals surface area contributed by atoms with Crippen LogP contribution in [0.3, 0.4) is 0 Å². The molecular formula is C20H20O3S. The molecule has 3 rings (SSSR count). The topological polar surface area (TPSA) is 43.4 Å². The molecule has 1 aromatic carbocycles. The molecule has 0 N–H and O–H groups in total. The lowest BCUT2D eigenvalue weighted by atomic mass is 9.73. The number of esters is 1. The van der Waals surface area contributed by atoms with Gasteiger partial charge in [-0.05, 0) is 54.5 Å². The second-order valence-electron chi connectivity index (χ2n) is 5.95. The first-order valence-electron chi connectivity index (χ1n) is 8.12. The quantitative estimate of drug-likeness (QED) is 0.613. The van der Waals surface area contributed by atoms with Crippen molar-refractivity contribution in [3.05, 3.63) is 63.9 Å². The third-order valence-corrected chi connectivity index (χ3v) is 5.38. The second kappa shape index (κ2) is 7.14. The molecule has 0 spiro atoms. The van der Waals surface area contributed by atoms with Crippen molar-refractivity contribution < 1.29 is 14.3 Å². The largest absolute Gasteiger partial charge is 0.465 e. The standard InChI is InChI=1S/C20H20O3S/c1-3-23-20(22)19-16(15-8-5-4-7-13(15)2)11-14(12-17(19)21)18-9-6-10-24-18/h4-10,12,16,19H,3,11H2,1-2H3/t16-,19-/m0/s1. The molecule has 0 bridgehead atoms. The van der Waals surface area contributed by atoms with Crippen molar-refractivity contribution >= 4 is 28.7 Å². The van der Waals surface area contributed by atoms with Gasteiger partial charge >= 0.3 is 5.97 Å². The zero-order valence-corrected chi connectivity index (χ0v) is 14.6. The van der Waals surface area contributed by atoms with Gasteiger partial charge in [-0.2, -0.15) is 0 Å². The number of aryl methyl sites for hydroxylation is 1. The van der Waals surface area contributed by atoms with E-state index in [1.54, 1.807) is 24.3 Å². The molecule has 3 nitrogen and oxygen atoms in total. The SMILES string of the molecule is CCOC(=O)[C@@H]1C(=O)C=C(c2cccs2)C[C@H]1c1ccccc1C. The molecule has 124 valence electrons. The third kappa shape index (κ3) is 3.20. The van der Waals surface area contributed by atoms with E-state index in [9.17, 15) is 9.59 Å². The van der Waals surface area contributed by atoms with Crippen molar-refractivity contribution in [2.45, 2.75) is 26.2 Å². The summed E-state index contributed by atoms with van der Waals surface area (Å²) in [6.07, 6.45) is 2.29. The maximum Gasteiger partial charge on any atom is 0.317 e. The first-order chi connectivity index (χ1) is 11.6. The summed E-state index contributed by atoms with van der Waals surface area (Å²) >= 11 is 1.62. The summed E-state index contributed by atoms with van der Waals surface area (Å²) in [5, 5.41) is 2.00. The van der Waals surface area contributed by atoms with Crippen LogP contribution < -0.4 is 0 Å². The van der Waals surface area contributed by atoms with Crippen molar-refractivity contribution in [1.82, 2.24) is 0 Å². The average Bonchev–Trinajstić information content (AvgIpc) is 3.09. The van der Waals surface area contributed by atoms with Crippen molar-refractivity contribution in [2.24, 2.45) is 5.92 Å². The lowest BCUT2D eigenvalue weighted by Gasteiger charge is -2.30. The van der Waals surface area contributed by atoms with Gasteiger partial charge in [0.25, 0.3) is 0 Å². The molecule has 24 heavy (non-hydrogen) atoms. The van der Waals surface area contributed by atoms with E-state index in [1.165, 1.54) is 0 Å². The number of ether oxygens (including phenoxy) is 1. The smallest absolute Gasteiger partial charge is 0.317 e. The Bertz CT molecular complexity index is 774. The Balaban J connectivity index is 2.04. The summed E-state index contributed by atoms with van der Waals surface area (Å²) in [4.78, 5) is 26.3. The number of hydrogen-bond donors (Lipinski definition) is 0. The number of carbonyl (C=O) groups is 2. The predicted molar refractivity (Wildman–Crippen MR) is 96.0 cm³/mol. The van der Waals surface area contributed by atoms with E-state index in [0.717, 1.165) is 21.6 Å². The minimum atomic E-state index is -0.755. The van der Waals surface area contributed by atoms with Crippen LogP contribution in [0.5, 0.6) is 0 Å². The van der Waals surface area contributed by atoms with Crippen LogP contribution in [0.2, 0.25) is 0 Å². The van der Waals surface area contributed by atoms with Gasteiger partial charge in [-0.1, -0.05) is 30.3 Å². The van der Waals surface area contributed by atoms with Gasteiger partial charge in [0.2, 0.25) is 0 Å². The summed E-state index contributed by atoms with van der Waals surface area (Å²) in [6.45, 7) is 4.07. The Labute approximate surface area is 146 Å². The Hall–Kier alpha value is -2.20. The third-order valence-electron chi connectivity index (χ3n) is 4.43. The second-order valence-corrected chi connectivity index (χ2v) is 6.89. The van der Waals surface area contributed by atoms with E-state index in [-0.39, 0.29) is 18.3 Å². The Kier molecular flexibility index (Phi) is 4.95. The minimum absolute atomic E-state index is 0.156. The highest BCUT2D eigenvalue weighted by atomic mass is 32.1. The maximum absolute atomic E-state index is 12.7. The van der Waals surface area contributed by atoms with Gasteiger partial charge in [0, 0.05) is 10.8 Å². The molecule has 0 fully saturated rings. The van der Waals surface area contributed by atoms with Gasteiger partial charge in [0.05, 0.1) is 6.61 Å². The highest BCUT2D eigenvalue weighted by molar-refractivity contribution is 7.11. The predicted octanol–water partition coefficient (Wildman–Crippen LogP) is 4.38. The van der Waals surface area contributed by atoms with Gasteiger partial charge in [-0.15, -0.1) is 11.3 Å². The van der Waals surface area contributed by atoms with Crippen LogP contribution in [-0.2, 0) is 14.3 Å². The van der Waals surface area contributed by atoms with Crippen LogP contribution in [0.4, 0.5) is 0 Å². The fourth-order valence-corrected chi connectivity index (χ4v) is 4.07. The molecule has 1 heterocycles. The maximum atomic E-state index is 12.7. The van der Waals surface area contributed by atoms with Gasteiger partial charge in [-0.25, -0.2) is 0 Å². The summed E-state index contributed by atoms with van der Waals surface area (Å²) in [6, 6.07) is 12.0. The fraction of sp³-hybridized carbons (Fsp3) is 0.300. The molecule has 4 heteroatoms. The van der Waals surface area contributed by atoms with Crippen LogP contribution >= 0.6 is 11.3 Å². The zero-order valence-electron chi connectivity index (χ0n) is 13.8. The summed E-state index contributed by atoms with van der Waals surface area (Å²) in [7, 11) is 0. The Morgan fingerprint density at radius 3 is 2.71 bits per heavy atom. The first-order valence-corrected chi connectivity index (χ1v) is 9.00. The van der Waals surface area contributed by atoms with E-state index in [1.807, 2.05) is 48.7 Å². The minimum Gasteiger partial charge on any atom is -0.465 e. The normalized spacial score (nSPS) is 20.6. The lowest BCUT2D eigenvalue weighted by Crippen LogP contribution is -2.34. The molecule has 2 atom stereocenters.